The van der Waals surface area contributed by atoms with Gasteiger partial charge in [-0.05, 0) is 13.3 Å². The highest BCUT2D eigenvalue weighted by molar-refractivity contribution is 7.22. The molecular weight excluding hydrogens is 284 g/mol. The predicted octanol–water partition coefficient (Wildman–Crippen LogP) is 2.49. The fourth-order valence-electron chi connectivity index (χ4n) is 2.44. The van der Waals surface area contributed by atoms with Gasteiger partial charge in [-0.3, -0.25) is 0 Å². The lowest BCUT2D eigenvalue weighted by molar-refractivity contribution is 0.700. The minimum absolute atomic E-state index is 0.781. The second-order valence-corrected chi connectivity index (χ2v) is 6.21. The highest BCUT2D eigenvalue weighted by Gasteiger charge is 2.17. The number of fused-ring (bicyclic) bond motifs is 1. The molecule has 7 heteroatoms. The molecule has 0 unspecified atom stereocenters. The van der Waals surface area contributed by atoms with Gasteiger partial charge in [0, 0.05) is 33.0 Å². The zero-order chi connectivity index (χ0) is 15.0. The maximum Gasteiger partial charge on any atom is 0.188 e. The molecule has 0 radical (unpaired) electrons. The van der Waals surface area contributed by atoms with Gasteiger partial charge in [0.25, 0.3) is 0 Å². The van der Waals surface area contributed by atoms with Crippen LogP contribution < -0.4 is 4.90 Å². The summed E-state index contributed by atoms with van der Waals surface area (Å²) < 4.78 is 5.09. The van der Waals surface area contributed by atoms with E-state index in [0.29, 0.717) is 0 Å². The first-order valence-electron chi connectivity index (χ1n) is 7.11. The number of hydrogen-bond donors (Lipinski definition) is 0. The van der Waals surface area contributed by atoms with Gasteiger partial charge in [-0.15, -0.1) is 0 Å². The maximum atomic E-state index is 4.77. The quantitative estimate of drug-likeness (QED) is 0.726. The van der Waals surface area contributed by atoms with E-state index in [9.17, 15) is 0 Å². The molecule has 0 atom stereocenters. The Balaban J connectivity index is 1.95. The Morgan fingerprint density at radius 1 is 1.33 bits per heavy atom. The predicted molar refractivity (Wildman–Crippen MR) is 85.7 cm³/mol. The van der Waals surface area contributed by atoms with Crippen LogP contribution in [0, 0.1) is 6.92 Å². The Morgan fingerprint density at radius 3 is 2.76 bits per heavy atom. The summed E-state index contributed by atoms with van der Waals surface area (Å²) in [6.07, 6.45) is 4.90. The van der Waals surface area contributed by atoms with E-state index in [1.54, 1.807) is 11.3 Å². The van der Waals surface area contributed by atoms with Gasteiger partial charge in [-0.1, -0.05) is 18.3 Å². The topological polar surface area (TPSA) is 51.8 Å². The van der Waals surface area contributed by atoms with Crippen molar-refractivity contribution in [2.45, 2.75) is 26.8 Å². The maximum absolute atomic E-state index is 4.77. The molecule has 0 N–H and O–H groups in total. The SMILES string of the molecule is CCCN(Cc1nccn1C)c1nc2c(s1)c(C)nn2C. The molecule has 21 heavy (non-hydrogen) atoms. The molecule has 0 amide bonds. The summed E-state index contributed by atoms with van der Waals surface area (Å²) in [5.41, 5.74) is 2.01. The number of thiazole rings is 1. The standard InChI is InChI=1S/C14H20N6S/c1-5-7-20(9-11-15-6-8-18(11)3)14-16-13-12(21-14)10(2)17-19(13)4/h6,8H,5,7,9H2,1-4H3. The Labute approximate surface area is 128 Å². The fraction of sp³-hybridized carbons (Fsp3) is 0.500. The van der Waals surface area contributed by atoms with Crippen molar-refractivity contribution in [3.8, 4) is 0 Å². The zero-order valence-electron chi connectivity index (χ0n) is 12.9. The fourth-order valence-corrected chi connectivity index (χ4v) is 3.50. The van der Waals surface area contributed by atoms with Gasteiger partial charge in [0.15, 0.2) is 10.8 Å². The lowest BCUT2D eigenvalue weighted by Gasteiger charge is -2.20. The number of hydrogen-bond acceptors (Lipinski definition) is 5. The molecule has 0 saturated heterocycles. The molecule has 3 rings (SSSR count). The van der Waals surface area contributed by atoms with E-state index in [0.717, 1.165) is 41.8 Å². The van der Waals surface area contributed by atoms with Crippen molar-refractivity contribution in [3.05, 3.63) is 23.9 Å². The Hall–Kier alpha value is -1.89. The lowest BCUT2D eigenvalue weighted by Crippen LogP contribution is -2.25. The molecule has 3 aromatic rings. The van der Waals surface area contributed by atoms with E-state index in [4.69, 9.17) is 4.98 Å². The molecular formula is C14H20N6S. The van der Waals surface area contributed by atoms with Crippen molar-refractivity contribution in [2.24, 2.45) is 14.1 Å². The summed E-state index contributed by atoms with van der Waals surface area (Å²) >= 11 is 1.71. The average Bonchev–Trinajstić information content (AvgIpc) is 3.10. The van der Waals surface area contributed by atoms with E-state index in [2.05, 4.69) is 26.5 Å². The number of anilines is 1. The van der Waals surface area contributed by atoms with Crippen LogP contribution in [0.3, 0.4) is 0 Å². The Bertz CT molecular complexity index is 718. The first-order chi connectivity index (χ1) is 10.1. The number of nitrogens with zero attached hydrogens (tertiary/aromatic N) is 6. The molecule has 0 saturated carbocycles. The average molecular weight is 304 g/mol. The van der Waals surface area contributed by atoms with Crippen LogP contribution >= 0.6 is 11.3 Å². The zero-order valence-corrected chi connectivity index (χ0v) is 13.7. The van der Waals surface area contributed by atoms with Gasteiger partial charge in [-0.2, -0.15) is 5.10 Å². The van der Waals surface area contributed by atoms with E-state index < -0.39 is 0 Å². The van der Waals surface area contributed by atoms with Crippen LogP contribution in [0.2, 0.25) is 0 Å². The molecule has 0 aliphatic heterocycles. The van der Waals surface area contributed by atoms with Crippen molar-refractivity contribution < 1.29 is 0 Å². The molecule has 0 spiro atoms. The molecule has 112 valence electrons. The van der Waals surface area contributed by atoms with Crippen LogP contribution in [0.5, 0.6) is 0 Å². The van der Waals surface area contributed by atoms with Gasteiger partial charge in [-0.25, -0.2) is 14.6 Å². The van der Waals surface area contributed by atoms with Crippen LogP contribution in [0.25, 0.3) is 10.3 Å². The van der Waals surface area contributed by atoms with Crippen molar-refractivity contribution >= 4 is 26.8 Å². The van der Waals surface area contributed by atoms with Crippen LogP contribution in [0.15, 0.2) is 12.4 Å². The summed E-state index contributed by atoms with van der Waals surface area (Å²) in [6.45, 7) is 5.97. The first-order valence-corrected chi connectivity index (χ1v) is 7.93. The number of aryl methyl sites for hydroxylation is 3. The van der Waals surface area contributed by atoms with Crippen molar-refractivity contribution in [1.29, 1.82) is 0 Å². The van der Waals surface area contributed by atoms with Gasteiger partial charge in [0.05, 0.1) is 16.9 Å². The minimum Gasteiger partial charge on any atom is -0.341 e. The van der Waals surface area contributed by atoms with Gasteiger partial charge < -0.3 is 9.47 Å². The van der Waals surface area contributed by atoms with Gasteiger partial charge >= 0.3 is 0 Å². The summed E-state index contributed by atoms with van der Waals surface area (Å²) in [5.74, 6) is 1.05. The van der Waals surface area contributed by atoms with Crippen LogP contribution in [0.1, 0.15) is 24.9 Å². The van der Waals surface area contributed by atoms with Crippen LogP contribution in [-0.4, -0.2) is 30.9 Å². The molecule has 6 nitrogen and oxygen atoms in total. The largest absolute Gasteiger partial charge is 0.341 e. The number of rotatable bonds is 5. The van der Waals surface area contributed by atoms with Crippen molar-refractivity contribution in [3.63, 3.8) is 0 Å². The Morgan fingerprint density at radius 2 is 2.14 bits per heavy atom. The summed E-state index contributed by atoms with van der Waals surface area (Å²) in [4.78, 5) is 11.5. The van der Waals surface area contributed by atoms with Crippen molar-refractivity contribution in [2.75, 3.05) is 11.4 Å². The monoisotopic (exact) mass is 304 g/mol. The highest BCUT2D eigenvalue weighted by Crippen LogP contribution is 2.31. The number of imidazole rings is 1. The van der Waals surface area contributed by atoms with Crippen LogP contribution in [0.4, 0.5) is 5.13 Å². The third-order valence-corrected chi connectivity index (χ3v) is 4.76. The summed E-state index contributed by atoms with van der Waals surface area (Å²) in [7, 11) is 3.97. The van der Waals surface area contributed by atoms with Crippen molar-refractivity contribution in [1.82, 2.24) is 24.3 Å². The second-order valence-electron chi connectivity index (χ2n) is 5.23. The molecule has 3 aromatic heterocycles. The first kappa shape index (κ1) is 14.1. The smallest absolute Gasteiger partial charge is 0.188 e. The third-order valence-electron chi connectivity index (χ3n) is 3.55. The summed E-state index contributed by atoms with van der Waals surface area (Å²) in [6, 6.07) is 0. The Kier molecular flexibility index (Phi) is 3.67. The molecule has 0 aliphatic rings. The molecule has 0 aliphatic carbocycles. The van der Waals surface area contributed by atoms with E-state index >= 15 is 0 Å². The molecule has 3 heterocycles. The van der Waals surface area contributed by atoms with E-state index in [1.807, 2.05) is 38.1 Å². The van der Waals surface area contributed by atoms with E-state index in [1.165, 1.54) is 4.70 Å². The minimum atomic E-state index is 0.781. The molecule has 0 fully saturated rings. The van der Waals surface area contributed by atoms with Gasteiger partial charge in [0.1, 0.15) is 5.82 Å². The van der Waals surface area contributed by atoms with E-state index in [-0.39, 0.29) is 0 Å². The highest BCUT2D eigenvalue weighted by atomic mass is 32.1. The third kappa shape index (κ3) is 2.53. The second kappa shape index (κ2) is 5.48. The molecule has 0 aromatic carbocycles. The molecule has 0 bridgehead atoms. The lowest BCUT2D eigenvalue weighted by atomic mass is 10.4. The van der Waals surface area contributed by atoms with Crippen LogP contribution in [-0.2, 0) is 20.6 Å². The number of aromatic nitrogens is 5. The van der Waals surface area contributed by atoms with Gasteiger partial charge in [0.2, 0.25) is 0 Å². The summed E-state index contributed by atoms with van der Waals surface area (Å²) in [5, 5.41) is 5.46. The normalized spacial score (nSPS) is 11.4.